The zero-order chi connectivity index (χ0) is 25.0. The van der Waals surface area contributed by atoms with Gasteiger partial charge in [-0.25, -0.2) is 0 Å². The van der Waals surface area contributed by atoms with Crippen LogP contribution in [-0.2, 0) is 22.4 Å². The summed E-state index contributed by atoms with van der Waals surface area (Å²) in [6, 6.07) is 0. The van der Waals surface area contributed by atoms with Crippen molar-refractivity contribution in [3.63, 3.8) is 0 Å². The molecule has 1 fully saturated rings. The van der Waals surface area contributed by atoms with Gasteiger partial charge in [-0.05, 0) is 64.1 Å². The van der Waals surface area contributed by atoms with Crippen LogP contribution in [-0.4, -0.2) is 53.9 Å². The minimum absolute atomic E-state index is 0.000813. The second-order valence-electron chi connectivity index (χ2n) is 11.0. The highest BCUT2D eigenvalue weighted by Gasteiger charge is 2.44. The number of aromatic nitrogens is 1. The van der Waals surface area contributed by atoms with Crippen LogP contribution in [0.25, 0.3) is 0 Å². The summed E-state index contributed by atoms with van der Waals surface area (Å²) in [7, 11) is 2.08. The van der Waals surface area contributed by atoms with Crippen LogP contribution in [0.5, 0.6) is 0 Å². The van der Waals surface area contributed by atoms with E-state index in [2.05, 4.69) is 25.8 Å². The lowest BCUT2D eigenvalue weighted by atomic mass is 9.72. The molecule has 0 N–H and O–H groups in total. The SMILES string of the molecule is CCCCCCC(=O)OCCC(C)(C)C(=O)n1c(C)c(CC)c2c1C[C@@H]1CCN(C)C[C@H]1C2=O. The number of unbranched alkanes of at least 4 members (excludes halogenated alkanes) is 3. The minimum atomic E-state index is -0.697. The number of hydrogen-bond donors (Lipinski definition) is 0. The number of carbonyl (C=O) groups is 3. The molecule has 0 bridgehead atoms. The van der Waals surface area contributed by atoms with Gasteiger partial charge in [-0.2, -0.15) is 0 Å². The van der Waals surface area contributed by atoms with Gasteiger partial charge < -0.3 is 9.64 Å². The third kappa shape index (κ3) is 5.48. The average molecular weight is 473 g/mol. The maximum atomic E-state index is 13.8. The predicted octanol–water partition coefficient (Wildman–Crippen LogP) is 5.24. The molecule has 0 amide bonds. The molecule has 1 saturated heterocycles. The van der Waals surface area contributed by atoms with Crippen molar-refractivity contribution >= 4 is 17.7 Å². The van der Waals surface area contributed by atoms with E-state index in [1.165, 1.54) is 0 Å². The summed E-state index contributed by atoms with van der Waals surface area (Å²) in [5.74, 6) is 0.379. The minimum Gasteiger partial charge on any atom is -0.466 e. The number of hydrogen-bond acceptors (Lipinski definition) is 5. The Balaban J connectivity index is 1.75. The lowest BCUT2D eigenvalue weighted by molar-refractivity contribution is -0.144. The zero-order valence-electron chi connectivity index (χ0n) is 22.2. The van der Waals surface area contributed by atoms with Crippen molar-refractivity contribution < 1.29 is 19.1 Å². The Bertz CT molecular complexity index is 914. The number of piperidine rings is 1. The van der Waals surface area contributed by atoms with Crippen LogP contribution in [0.4, 0.5) is 0 Å². The Morgan fingerprint density at radius 2 is 1.88 bits per heavy atom. The van der Waals surface area contributed by atoms with Crippen molar-refractivity contribution in [2.75, 3.05) is 26.7 Å². The Morgan fingerprint density at radius 3 is 2.56 bits per heavy atom. The molecule has 0 aromatic carbocycles. The molecule has 1 aliphatic heterocycles. The summed E-state index contributed by atoms with van der Waals surface area (Å²) in [4.78, 5) is 41.7. The van der Waals surface area contributed by atoms with Gasteiger partial charge in [0, 0.05) is 41.2 Å². The molecular formula is C28H44N2O4. The Morgan fingerprint density at radius 1 is 1.15 bits per heavy atom. The number of ether oxygens (including phenoxy) is 1. The van der Waals surface area contributed by atoms with E-state index in [0.717, 1.165) is 80.6 Å². The van der Waals surface area contributed by atoms with Gasteiger partial charge in [0.25, 0.3) is 0 Å². The van der Waals surface area contributed by atoms with Crippen LogP contribution >= 0.6 is 0 Å². The number of fused-ring (bicyclic) bond motifs is 2. The van der Waals surface area contributed by atoms with Gasteiger partial charge in [0.1, 0.15) is 0 Å². The standard InChI is InChI=1S/C28H44N2O4/c1-7-9-10-11-12-24(31)34-16-14-28(4,5)27(33)30-19(3)21(8-2)25-23(30)17-20-13-15-29(6)18-22(20)26(25)32/h20,22H,7-18H2,1-6H3/t20-,22+/m0/s1. The van der Waals surface area contributed by atoms with Gasteiger partial charge in [0.2, 0.25) is 5.91 Å². The Labute approximate surface area is 205 Å². The molecule has 34 heavy (non-hydrogen) atoms. The first-order valence-corrected chi connectivity index (χ1v) is 13.3. The molecular weight excluding hydrogens is 428 g/mol. The monoisotopic (exact) mass is 472 g/mol. The summed E-state index contributed by atoms with van der Waals surface area (Å²) in [6.45, 7) is 12.1. The van der Waals surface area contributed by atoms with Crippen molar-refractivity contribution in [3.8, 4) is 0 Å². The van der Waals surface area contributed by atoms with Crippen LogP contribution < -0.4 is 0 Å². The third-order valence-corrected chi connectivity index (χ3v) is 7.99. The summed E-state index contributed by atoms with van der Waals surface area (Å²) in [5.41, 5.74) is 2.95. The third-order valence-electron chi connectivity index (χ3n) is 7.99. The van der Waals surface area contributed by atoms with Crippen molar-refractivity contribution in [3.05, 3.63) is 22.5 Å². The van der Waals surface area contributed by atoms with Crippen LogP contribution in [0.1, 0.15) is 105 Å². The maximum Gasteiger partial charge on any atom is 0.305 e. The summed E-state index contributed by atoms with van der Waals surface area (Å²) >= 11 is 0. The van der Waals surface area contributed by atoms with Crippen molar-refractivity contribution in [1.82, 2.24) is 9.47 Å². The first kappa shape index (κ1) is 26.7. The molecule has 0 unspecified atom stereocenters. The predicted molar refractivity (Wildman–Crippen MR) is 134 cm³/mol. The highest BCUT2D eigenvalue weighted by molar-refractivity contribution is 6.04. The smallest absolute Gasteiger partial charge is 0.305 e. The summed E-state index contributed by atoms with van der Waals surface area (Å²) in [6.07, 6.45) is 7.60. The van der Waals surface area contributed by atoms with E-state index in [1.54, 1.807) is 0 Å². The Hall–Kier alpha value is -1.95. The number of esters is 1. The lowest BCUT2D eigenvalue weighted by Crippen LogP contribution is -2.46. The quantitative estimate of drug-likeness (QED) is 0.344. The highest BCUT2D eigenvalue weighted by atomic mass is 16.5. The van der Waals surface area contributed by atoms with E-state index >= 15 is 0 Å². The second-order valence-corrected chi connectivity index (χ2v) is 11.0. The van der Waals surface area contributed by atoms with E-state index in [1.807, 2.05) is 25.3 Å². The summed E-state index contributed by atoms with van der Waals surface area (Å²) < 4.78 is 7.29. The van der Waals surface area contributed by atoms with Gasteiger partial charge in [0.15, 0.2) is 5.78 Å². The molecule has 1 aromatic rings. The lowest BCUT2D eigenvalue weighted by Gasteiger charge is -2.39. The van der Waals surface area contributed by atoms with Gasteiger partial charge in [-0.3, -0.25) is 19.0 Å². The van der Waals surface area contributed by atoms with E-state index in [4.69, 9.17) is 4.74 Å². The molecule has 190 valence electrons. The molecule has 0 spiro atoms. The largest absolute Gasteiger partial charge is 0.466 e. The maximum absolute atomic E-state index is 13.8. The van der Waals surface area contributed by atoms with Gasteiger partial charge in [-0.1, -0.05) is 47.0 Å². The van der Waals surface area contributed by atoms with Gasteiger partial charge in [-0.15, -0.1) is 0 Å². The molecule has 0 saturated carbocycles. The van der Waals surface area contributed by atoms with Crippen LogP contribution in [0.2, 0.25) is 0 Å². The first-order valence-electron chi connectivity index (χ1n) is 13.3. The average Bonchev–Trinajstić information content (AvgIpc) is 3.07. The molecule has 2 atom stereocenters. The molecule has 6 heteroatoms. The van der Waals surface area contributed by atoms with E-state index < -0.39 is 5.41 Å². The number of rotatable bonds is 10. The van der Waals surface area contributed by atoms with Crippen LogP contribution in [0.3, 0.4) is 0 Å². The molecule has 2 aliphatic rings. The summed E-state index contributed by atoms with van der Waals surface area (Å²) in [5, 5.41) is 0. The first-order chi connectivity index (χ1) is 16.1. The zero-order valence-corrected chi connectivity index (χ0v) is 22.2. The van der Waals surface area contributed by atoms with Crippen LogP contribution in [0.15, 0.2) is 0 Å². The number of Topliss-reactive ketones (excluding diaryl/α,β-unsaturated/α-hetero) is 1. The van der Waals surface area contributed by atoms with Crippen molar-refractivity contribution in [2.24, 2.45) is 17.3 Å². The number of ketones is 1. The van der Waals surface area contributed by atoms with E-state index in [0.29, 0.717) is 18.8 Å². The molecule has 1 aromatic heterocycles. The van der Waals surface area contributed by atoms with Gasteiger partial charge in [0.05, 0.1) is 6.61 Å². The fraction of sp³-hybridized carbons (Fsp3) is 0.750. The van der Waals surface area contributed by atoms with Crippen molar-refractivity contribution in [1.29, 1.82) is 0 Å². The molecule has 3 rings (SSSR count). The van der Waals surface area contributed by atoms with Gasteiger partial charge >= 0.3 is 5.97 Å². The molecule has 1 aliphatic carbocycles. The number of carbonyl (C=O) groups excluding carboxylic acids is 3. The highest BCUT2D eigenvalue weighted by Crippen LogP contribution is 2.40. The molecule has 2 heterocycles. The molecule has 6 nitrogen and oxygen atoms in total. The normalized spacial score (nSPS) is 20.7. The fourth-order valence-electron chi connectivity index (χ4n) is 5.73. The van der Waals surface area contributed by atoms with E-state index in [9.17, 15) is 14.4 Å². The molecule has 0 radical (unpaired) electrons. The van der Waals surface area contributed by atoms with E-state index in [-0.39, 0.29) is 30.2 Å². The fourth-order valence-corrected chi connectivity index (χ4v) is 5.73. The topological polar surface area (TPSA) is 68.6 Å². The second kappa shape index (κ2) is 11.2. The van der Waals surface area contributed by atoms with Crippen LogP contribution in [0, 0.1) is 24.2 Å². The van der Waals surface area contributed by atoms with Crippen molar-refractivity contribution in [2.45, 2.75) is 92.4 Å². The Kier molecular flexibility index (Phi) is 8.77. The number of likely N-dealkylation sites (tertiary alicyclic amines) is 1. The number of nitrogens with zero attached hydrogens (tertiary/aromatic N) is 2.